The number of nitrogens with zero attached hydrogens (tertiary/aromatic N) is 2. The van der Waals surface area contributed by atoms with Gasteiger partial charge in [-0.15, -0.1) is 0 Å². The lowest BCUT2D eigenvalue weighted by Crippen LogP contribution is -2.46. The molecule has 0 saturated carbocycles. The number of rotatable bonds is 7. The summed E-state index contributed by atoms with van der Waals surface area (Å²) in [5.74, 6) is 0.498. The molecule has 2 aliphatic rings. The average molecular weight is 420 g/mol. The molecule has 0 atom stereocenters. The number of morpholine rings is 1. The Morgan fingerprint density at radius 2 is 1.90 bits per heavy atom. The largest absolute Gasteiger partial charge is 0.494 e. The van der Waals surface area contributed by atoms with Gasteiger partial charge in [0.25, 0.3) is 11.1 Å². The summed E-state index contributed by atoms with van der Waals surface area (Å²) < 4.78 is 16.4. The van der Waals surface area contributed by atoms with Gasteiger partial charge in [0, 0.05) is 24.7 Å². The molecule has 3 rings (SSSR count). The lowest BCUT2D eigenvalue weighted by atomic mass is 10.1. The summed E-state index contributed by atoms with van der Waals surface area (Å²) in [7, 11) is 0. The minimum atomic E-state index is -0.474. The van der Waals surface area contributed by atoms with Crippen LogP contribution in [0.5, 0.6) is 11.5 Å². The van der Waals surface area contributed by atoms with Crippen molar-refractivity contribution in [1.82, 2.24) is 9.80 Å². The Morgan fingerprint density at radius 1 is 1.17 bits per heavy atom. The summed E-state index contributed by atoms with van der Waals surface area (Å²) in [6.45, 7) is 6.34. The fourth-order valence-corrected chi connectivity index (χ4v) is 3.83. The number of imide groups is 1. The van der Waals surface area contributed by atoms with Crippen molar-refractivity contribution >= 4 is 34.9 Å². The molecule has 9 heteroatoms. The number of carbonyl (C=O) groups excluding carboxylic acids is 3. The van der Waals surface area contributed by atoms with E-state index >= 15 is 0 Å². The third-order valence-electron chi connectivity index (χ3n) is 4.41. The fraction of sp³-hybridized carbons (Fsp3) is 0.450. The zero-order chi connectivity index (χ0) is 20.8. The van der Waals surface area contributed by atoms with Gasteiger partial charge >= 0.3 is 0 Å². The van der Waals surface area contributed by atoms with Crippen LogP contribution in [0.15, 0.2) is 23.1 Å². The molecule has 1 aromatic rings. The predicted molar refractivity (Wildman–Crippen MR) is 109 cm³/mol. The second-order valence-electron chi connectivity index (χ2n) is 6.33. The third kappa shape index (κ3) is 5.10. The van der Waals surface area contributed by atoms with E-state index in [2.05, 4.69) is 0 Å². The van der Waals surface area contributed by atoms with Gasteiger partial charge in [0.15, 0.2) is 0 Å². The first-order valence-corrected chi connectivity index (χ1v) is 10.4. The summed E-state index contributed by atoms with van der Waals surface area (Å²) in [5.41, 5.74) is 0.667. The lowest BCUT2D eigenvalue weighted by molar-refractivity contribution is -0.139. The van der Waals surface area contributed by atoms with Crippen LogP contribution in [0.4, 0.5) is 4.79 Å². The molecule has 0 unspecified atom stereocenters. The molecule has 2 saturated heterocycles. The van der Waals surface area contributed by atoms with Gasteiger partial charge in [-0.25, -0.2) is 0 Å². The number of ether oxygens (including phenoxy) is 3. The number of thioether (sulfide) groups is 1. The number of hydrogen-bond donors (Lipinski definition) is 0. The Morgan fingerprint density at radius 3 is 2.59 bits per heavy atom. The maximum absolute atomic E-state index is 12.7. The molecule has 0 radical (unpaired) electrons. The zero-order valence-electron chi connectivity index (χ0n) is 16.5. The van der Waals surface area contributed by atoms with Crippen molar-refractivity contribution in [1.29, 1.82) is 0 Å². The first kappa shape index (κ1) is 21.2. The number of amides is 3. The highest BCUT2D eigenvalue weighted by Crippen LogP contribution is 2.35. The molecule has 156 valence electrons. The van der Waals surface area contributed by atoms with Crippen LogP contribution in [0, 0.1) is 0 Å². The zero-order valence-corrected chi connectivity index (χ0v) is 17.3. The number of benzene rings is 1. The van der Waals surface area contributed by atoms with Gasteiger partial charge in [-0.2, -0.15) is 0 Å². The molecule has 8 nitrogen and oxygen atoms in total. The highest BCUT2D eigenvalue weighted by atomic mass is 32.2. The van der Waals surface area contributed by atoms with Gasteiger partial charge in [0.2, 0.25) is 5.91 Å². The number of hydrogen-bond acceptors (Lipinski definition) is 7. The van der Waals surface area contributed by atoms with Crippen molar-refractivity contribution in [3.63, 3.8) is 0 Å². The molecule has 3 amide bonds. The minimum absolute atomic E-state index is 0.257. The molecule has 0 spiro atoms. The van der Waals surface area contributed by atoms with Crippen molar-refractivity contribution < 1.29 is 28.6 Å². The normalized spacial score (nSPS) is 18.5. The molecule has 0 N–H and O–H groups in total. The quantitative estimate of drug-likeness (QED) is 0.626. The molecule has 2 fully saturated rings. The first-order valence-electron chi connectivity index (χ1n) is 9.54. The Hall–Kier alpha value is -2.52. The minimum Gasteiger partial charge on any atom is -0.494 e. The van der Waals surface area contributed by atoms with E-state index < -0.39 is 11.1 Å². The monoisotopic (exact) mass is 420 g/mol. The van der Waals surface area contributed by atoms with Gasteiger partial charge in [-0.3, -0.25) is 19.3 Å². The molecular weight excluding hydrogens is 396 g/mol. The van der Waals surface area contributed by atoms with Gasteiger partial charge < -0.3 is 19.1 Å². The van der Waals surface area contributed by atoms with Crippen molar-refractivity contribution in [3.05, 3.63) is 28.7 Å². The second kappa shape index (κ2) is 9.80. The van der Waals surface area contributed by atoms with E-state index in [9.17, 15) is 14.4 Å². The van der Waals surface area contributed by atoms with Crippen LogP contribution in [0.1, 0.15) is 19.4 Å². The van der Waals surface area contributed by atoms with E-state index in [0.29, 0.717) is 56.6 Å². The van der Waals surface area contributed by atoms with Gasteiger partial charge in [-0.1, -0.05) is 0 Å². The molecule has 0 bridgehead atoms. The standard InChI is InChI=1S/C20H24N2O6S/c1-3-27-15-6-5-14(16(12-15)28-4-2)11-17-19(24)22(20(25)29-17)13-18(23)21-7-9-26-10-8-21/h5-6,11-12H,3-4,7-10,13H2,1-2H3/b17-11-. The Kier molecular flexibility index (Phi) is 7.16. The molecule has 0 aliphatic carbocycles. The van der Waals surface area contributed by atoms with Crippen LogP contribution in [0.25, 0.3) is 6.08 Å². The fourth-order valence-electron chi connectivity index (χ4n) is 3.00. The van der Waals surface area contributed by atoms with E-state index in [4.69, 9.17) is 14.2 Å². The molecule has 29 heavy (non-hydrogen) atoms. The van der Waals surface area contributed by atoms with Crippen LogP contribution in [-0.4, -0.2) is 72.9 Å². The van der Waals surface area contributed by atoms with E-state index in [0.717, 1.165) is 16.7 Å². The molecular formula is C20H24N2O6S. The summed E-state index contributed by atoms with van der Waals surface area (Å²) in [4.78, 5) is 40.3. The Balaban J connectivity index is 1.76. The van der Waals surface area contributed by atoms with Crippen LogP contribution < -0.4 is 9.47 Å². The smallest absolute Gasteiger partial charge is 0.294 e. The Labute approximate surface area is 173 Å². The van der Waals surface area contributed by atoms with Gasteiger partial charge in [-0.05, 0) is 43.8 Å². The van der Waals surface area contributed by atoms with Crippen molar-refractivity contribution in [2.45, 2.75) is 13.8 Å². The molecule has 2 aliphatic heterocycles. The maximum Gasteiger partial charge on any atom is 0.294 e. The topological polar surface area (TPSA) is 85.4 Å². The van der Waals surface area contributed by atoms with Gasteiger partial charge in [0.1, 0.15) is 18.0 Å². The van der Waals surface area contributed by atoms with Crippen molar-refractivity contribution in [2.24, 2.45) is 0 Å². The van der Waals surface area contributed by atoms with Crippen LogP contribution in [0.3, 0.4) is 0 Å². The molecule has 1 aromatic carbocycles. The predicted octanol–water partition coefficient (Wildman–Crippen LogP) is 2.38. The second-order valence-corrected chi connectivity index (χ2v) is 7.32. The van der Waals surface area contributed by atoms with E-state index in [1.807, 2.05) is 13.8 Å². The van der Waals surface area contributed by atoms with Crippen LogP contribution in [-0.2, 0) is 14.3 Å². The Bertz CT molecular complexity index is 819. The van der Waals surface area contributed by atoms with Crippen LogP contribution in [0.2, 0.25) is 0 Å². The summed E-state index contributed by atoms with van der Waals surface area (Å²) in [6.07, 6.45) is 1.62. The highest BCUT2D eigenvalue weighted by Gasteiger charge is 2.37. The summed E-state index contributed by atoms with van der Waals surface area (Å²) in [5, 5.41) is -0.452. The number of carbonyl (C=O) groups is 3. The van der Waals surface area contributed by atoms with Crippen LogP contribution >= 0.6 is 11.8 Å². The molecule has 2 heterocycles. The average Bonchev–Trinajstić information content (AvgIpc) is 2.98. The summed E-state index contributed by atoms with van der Waals surface area (Å²) >= 11 is 0.823. The maximum atomic E-state index is 12.7. The molecule has 0 aromatic heterocycles. The van der Waals surface area contributed by atoms with E-state index in [1.54, 1.807) is 29.2 Å². The van der Waals surface area contributed by atoms with E-state index in [-0.39, 0.29) is 17.4 Å². The first-order chi connectivity index (χ1) is 14.0. The van der Waals surface area contributed by atoms with E-state index in [1.165, 1.54) is 0 Å². The highest BCUT2D eigenvalue weighted by molar-refractivity contribution is 8.18. The SMILES string of the molecule is CCOc1ccc(/C=C2\SC(=O)N(CC(=O)N3CCOCC3)C2=O)c(OCC)c1. The lowest BCUT2D eigenvalue weighted by Gasteiger charge is -2.28. The van der Waals surface area contributed by atoms with Crippen molar-refractivity contribution in [2.75, 3.05) is 46.1 Å². The van der Waals surface area contributed by atoms with Crippen molar-refractivity contribution in [3.8, 4) is 11.5 Å². The van der Waals surface area contributed by atoms with Gasteiger partial charge in [0.05, 0.1) is 31.3 Å². The third-order valence-corrected chi connectivity index (χ3v) is 5.32. The summed E-state index contributed by atoms with van der Waals surface area (Å²) in [6, 6.07) is 5.32.